The number of nitrogens with one attached hydrogen (secondary N) is 2. The molecule has 0 saturated carbocycles. The second-order valence-electron chi connectivity index (χ2n) is 6.23. The second kappa shape index (κ2) is 8.18. The molecule has 0 saturated heterocycles. The van der Waals surface area contributed by atoms with Gasteiger partial charge in [0, 0.05) is 41.7 Å². The third-order valence-electron chi connectivity index (χ3n) is 4.20. The molecule has 2 heterocycles. The summed E-state index contributed by atoms with van der Waals surface area (Å²) in [5, 5.41) is 9.80. The Morgan fingerprint density at radius 2 is 1.48 bits per heavy atom. The van der Waals surface area contributed by atoms with Crippen LogP contribution in [0.4, 0.5) is 11.4 Å². The van der Waals surface area contributed by atoms with Gasteiger partial charge in [0.05, 0.1) is 11.3 Å². The van der Waals surface area contributed by atoms with Crippen LogP contribution in [0.2, 0.25) is 0 Å². The lowest BCUT2D eigenvalue weighted by Gasteiger charge is -2.09. The molecule has 2 aromatic heterocycles. The Bertz CT molecular complexity index is 1120. The number of carbonyl (C=O) groups is 2. The highest BCUT2D eigenvalue weighted by molar-refractivity contribution is 6.06. The fourth-order valence-corrected chi connectivity index (χ4v) is 2.77. The van der Waals surface area contributed by atoms with E-state index in [2.05, 4.69) is 20.7 Å². The molecule has 4 aromatic rings. The highest BCUT2D eigenvalue weighted by atomic mass is 16.2. The van der Waals surface area contributed by atoms with E-state index in [0.29, 0.717) is 22.5 Å². The summed E-state index contributed by atoms with van der Waals surface area (Å²) in [6.07, 6.45) is 6.63. The Labute approximate surface area is 167 Å². The minimum atomic E-state index is -0.268. The van der Waals surface area contributed by atoms with Gasteiger partial charge in [0.25, 0.3) is 11.8 Å². The van der Waals surface area contributed by atoms with Crippen molar-refractivity contribution in [3.8, 4) is 5.69 Å². The lowest BCUT2D eigenvalue weighted by atomic mass is 10.2. The van der Waals surface area contributed by atoms with Gasteiger partial charge in [-0.1, -0.05) is 6.07 Å². The number of amides is 2. The zero-order valence-corrected chi connectivity index (χ0v) is 15.3. The van der Waals surface area contributed by atoms with Gasteiger partial charge in [-0.3, -0.25) is 14.6 Å². The third kappa shape index (κ3) is 4.36. The molecule has 0 aliphatic rings. The largest absolute Gasteiger partial charge is 0.322 e. The van der Waals surface area contributed by atoms with Crippen molar-refractivity contribution in [1.29, 1.82) is 0 Å². The topological polar surface area (TPSA) is 88.9 Å². The molecular weight excluding hydrogens is 366 g/mol. The van der Waals surface area contributed by atoms with Crippen LogP contribution in [0.1, 0.15) is 20.7 Å². The molecule has 0 spiro atoms. The van der Waals surface area contributed by atoms with Crippen LogP contribution in [-0.2, 0) is 0 Å². The van der Waals surface area contributed by atoms with Crippen molar-refractivity contribution in [3.05, 3.63) is 103 Å². The normalized spacial score (nSPS) is 10.3. The summed E-state index contributed by atoms with van der Waals surface area (Å²) in [4.78, 5) is 28.7. The van der Waals surface area contributed by atoms with Gasteiger partial charge in [-0.15, -0.1) is 0 Å². The van der Waals surface area contributed by atoms with Gasteiger partial charge in [0.15, 0.2) is 0 Å². The van der Waals surface area contributed by atoms with Crippen molar-refractivity contribution in [2.75, 3.05) is 10.6 Å². The van der Waals surface area contributed by atoms with E-state index in [9.17, 15) is 9.59 Å². The predicted octanol–water partition coefficient (Wildman–Crippen LogP) is 3.77. The third-order valence-corrected chi connectivity index (χ3v) is 4.20. The molecule has 0 aliphatic carbocycles. The molecule has 0 radical (unpaired) electrons. The smallest absolute Gasteiger partial charge is 0.257 e. The minimum absolute atomic E-state index is 0.243. The van der Waals surface area contributed by atoms with Crippen LogP contribution in [0.25, 0.3) is 5.69 Å². The molecule has 0 aliphatic heterocycles. The Hall–Kier alpha value is -4.26. The van der Waals surface area contributed by atoms with E-state index in [-0.39, 0.29) is 11.8 Å². The number of pyridine rings is 1. The zero-order chi connectivity index (χ0) is 20.1. The fourth-order valence-electron chi connectivity index (χ4n) is 2.77. The lowest BCUT2D eigenvalue weighted by molar-refractivity contribution is 0.101. The molecule has 4 rings (SSSR count). The number of aromatic nitrogens is 3. The second-order valence-corrected chi connectivity index (χ2v) is 6.23. The first-order chi connectivity index (χ1) is 14.2. The van der Waals surface area contributed by atoms with Crippen molar-refractivity contribution in [2.24, 2.45) is 0 Å². The highest BCUT2D eigenvalue weighted by Gasteiger charge is 2.09. The van der Waals surface area contributed by atoms with Gasteiger partial charge < -0.3 is 10.6 Å². The monoisotopic (exact) mass is 383 g/mol. The lowest BCUT2D eigenvalue weighted by Crippen LogP contribution is -2.14. The predicted molar refractivity (Wildman–Crippen MR) is 110 cm³/mol. The van der Waals surface area contributed by atoms with E-state index in [4.69, 9.17) is 0 Å². The molecule has 0 atom stereocenters. The number of nitrogens with zero attached hydrogens (tertiary/aromatic N) is 3. The van der Waals surface area contributed by atoms with Crippen LogP contribution in [0.15, 0.2) is 91.5 Å². The van der Waals surface area contributed by atoms with E-state index in [1.165, 1.54) is 6.20 Å². The van der Waals surface area contributed by atoms with E-state index in [1.54, 1.807) is 65.6 Å². The molecule has 2 aromatic carbocycles. The van der Waals surface area contributed by atoms with Crippen LogP contribution in [0.3, 0.4) is 0 Å². The summed E-state index contributed by atoms with van der Waals surface area (Å²) in [6.45, 7) is 0. The van der Waals surface area contributed by atoms with E-state index >= 15 is 0 Å². The van der Waals surface area contributed by atoms with Crippen LogP contribution in [0, 0.1) is 0 Å². The highest BCUT2D eigenvalue weighted by Crippen LogP contribution is 2.17. The number of rotatable bonds is 5. The van der Waals surface area contributed by atoms with Gasteiger partial charge in [-0.2, -0.15) is 5.10 Å². The molecule has 0 fully saturated rings. The van der Waals surface area contributed by atoms with Gasteiger partial charge in [0.2, 0.25) is 0 Å². The van der Waals surface area contributed by atoms with Crippen LogP contribution >= 0.6 is 0 Å². The Balaban J connectivity index is 1.43. The molecule has 0 bridgehead atoms. The Kier molecular flexibility index (Phi) is 5.11. The van der Waals surface area contributed by atoms with Crippen LogP contribution in [0.5, 0.6) is 0 Å². The van der Waals surface area contributed by atoms with Gasteiger partial charge >= 0.3 is 0 Å². The standard InChI is InChI=1S/C22H17N5O2/c28-21(16-7-9-20(10-8-16)27-13-3-12-24-27)25-18-5-1-6-19(14-18)26-22(29)17-4-2-11-23-15-17/h1-15H,(H,25,28)(H,26,29). The summed E-state index contributed by atoms with van der Waals surface area (Å²) in [5.41, 5.74) is 3.00. The maximum absolute atomic E-state index is 12.5. The Morgan fingerprint density at radius 1 is 0.759 bits per heavy atom. The number of benzene rings is 2. The minimum Gasteiger partial charge on any atom is -0.322 e. The molecule has 7 nitrogen and oxygen atoms in total. The molecule has 2 amide bonds. The van der Waals surface area contributed by atoms with Crippen molar-refractivity contribution in [2.45, 2.75) is 0 Å². The summed E-state index contributed by atoms with van der Waals surface area (Å²) in [7, 11) is 0. The average molecular weight is 383 g/mol. The molecule has 29 heavy (non-hydrogen) atoms. The summed E-state index contributed by atoms with van der Waals surface area (Å²) < 4.78 is 1.72. The summed E-state index contributed by atoms with van der Waals surface area (Å²) >= 11 is 0. The van der Waals surface area contributed by atoms with Gasteiger partial charge in [-0.05, 0) is 60.7 Å². The molecule has 0 unspecified atom stereocenters. The molecule has 7 heteroatoms. The molecular formula is C22H17N5O2. The van der Waals surface area contributed by atoms with E-state index in [0.717, 1.165) is 5.69 Å². The molecule has 142 valence electrons. The van der Waals surface area contributed by atoms with Gasteiger partial charge in [-0.25, -0.2) is 4.68 Å². The first kappa shape index (κ1) is 18.1. The molecule has 2 N–H and O–H groups in total. The zero-order valence-electron chi connectivity index (χ0n) is 15.3. The summed E-state index contributed by atoms with van der Waals surface area (Å²) in [5.74, 6) is -0.511. The fraction of sp³-hybridized carbons (Fsp3) is 0. The van der Waals surface area contributed by atoms with Crippen molar-refractivity contribution in [3.63, 3.8) is 0 Å². The van der Waals surface area contributed by atoms with E-state index < -0.39 is 0 Å². The SMILES string of the molecule is O=C(Nc1cccc(NC(=O)c2cccnc2)c1)c1ccc(-n2cccn2)cc1. The summed E-state index contributed by atoms with van der Waals surface area (Å²) in [6, 6.07) is 19.3. The average Bonchev–Trinajstić information content (AvgIpc) is 3.30. The number of hydrogen-bond donors (Lipinski definition) is 2. The maximum Gasteiger partial charge on any atom is 0.257 e. The van der Waals surface area contributed by atoms with Crippen molar-refractivity contribution < 1.29 is 9.59 Å². The van der Waals surface area contributed by atoms with Crippen LogP contribution < -0.4 is 10.6 Å². The number of hydrogen-bond acceptors (Lipinski definition) is 4. The van der Waals surface area contributed by atoms with Crippen molar-refractivity contribution in [1.82, 2.24) is 14.8 Å². The van der Waals surface area contributed by atoms with Crippen molar-refractivity contribution >= 4 is 23.2 Å². The maximum atomic E-state index is 12.5. The number of anilines is 2. The first-order valence-electron chi connectivity index (χ1n) is 8.92. The van der Waals surface area contributed by atoms with Crippen LogP contribution in [-0.4, -0.2) is 26.6 Å². The first-order valence-corrected chi connectivity index (χ1v) is 8.92. The van der Waals surface area contributed by atoms with E-state index in [1.807, 2.05) is 24.4 Å². The quantitative estimate of drug-likeness (QED) is 0.549. The number of carbonyl (C=O) groups excluding carboxylic acids is 2. The Morgan fingerprint density at radius 3 is 2.10 bits per heavy atom. The van der Waals surface area contributed by atoms with Gasteiger partial charge in [0.1, 0.15) is 0 Å².